The van der Waals surface area contributed by atoms with Crippen molar-refractivity contribution in [2.45, 2.75) is 19.3 Å². The molecule has 0 saturated carbocycles. The van der Waals surface area contributed by atoms with Gasteiger partial charge >= 0.3 is 0 Å². The molecule has 0 bridgehead atoms. The molecule has 0 N–H and O–H groups in total. The number of aldehydes is 1. The highest BCUT2D eigenvalue weighted by molar-refractivity contribution is 5.83. The lowest BCUT2D eigenvalue weighted by Gasteiger charge is -2.15. The van der Waals surface area contributed by atoms with E-state index in [0.29, 0.717) is 12.0 Å². The quantitative estimate of drug-likeness (QED) is 0.689. The van der Waals surface area contributed by atoms with Crippen molar-refractivity contribution in [1.29, 1.82) is 0 Å². The number of para-hydroxylation sites is 1. The number of hydrogen-bond acceptors (Lipinski definition) is 2. The van der Waals surface area contributed by atoms with E-state index in [1.54, 1.807) is 6.07 Å². The zero-order valence-electron chi connectivity index (χ0n) is 8.70. The number of aryl methyl sites for hydroxylation is 1. The van der Waals surface area contributed by atoms with Crippen LogP contribution >= 0.6 is 0 Å². The molecule has 1 aliphatic rings. The molecule has 0 unspecified atom stereocenters. The van der Waals surface area contributed by atoms with Gasteiger partial charge < -0.3 is 9.21 Å². The fraction of sp³-hybridized carbons (Fsp3) is 0.308. The smallest absolute Gasteiger partial charge is 0.170 e. The lowest BCUT2D eigenvalue weighted by Crippen LogP contribution is -2.13. The number of fused-ring (bicyclic) bond motifs is 3. The van der Waals surface area contributed by atoms with Gasteiger partial charge in [-0.05, 0) is 18.9 Å². The van der Waals surface area contributed by atoms with Crippen LogP contribution in [0.15, 0.2) is 22.6 Å². The van der Waals surface area contributed by atoms with Gasteiger partial charge in [0.25, 0.3) is 0 Å². The molecule has 0 amide bonds. The molecule has 82 valence electrons. The molecule has 0 radical (unpaired) electrons. The average Bonchev–Trinajstić information content (AvgIpc) is 2.68. The molecule has 1 aromatic heterocycles. The molecular formula is C13H11FO2. The number of rotatable bonds is 1. The molecule has 16 heavy (non-hydrogen) atoms. The fourth-order valence-electron chi connectivity index (χ4n) is 2.41. The zero-order chi connectivity index (χ0) is 11.1. The van der Waals surface area contributed by atoms with E-state index in [1.807, 2.05) is 6.07 Å². The summed E-state index contributed by atoms with van der Waals surface area (Å²) in [5.74, 6) is 0.481. The van der Waals surface area contributed by atoms with E-state index in [4.69, 9.17) is 4.42 Å². The number of carbonyl (C=O) groups is 1. The summed E-state index contributed by atoms with van der Waals surface area (Å²) >= 11 is 0. The Kier molecular flexibility index (Phi) is 2.06. The molecule has 1 atom stereocenters. The van der Waals surface area contributed by atoms with Gasteiger partial charge in [-0.3, -0.25) is 0 Å². The first-order chi connectivity index (χ1) is 7.79. The normalized spacial score (nSPS) is 19.7. The maximum atomic E-state index is 13.5. The van der Waals surface area contributed by atoms with E-state index < -0.39 is 0 Å². The summed E-state index contributed by atoms with van der Waals surface area (Å²) in [6.07, 6.45) is 3.20. The minimum absolute atomic E-state index is 0.0242. The van der Waals surface area contributed by atoms with E-state index in [-0.39, 0.29) is 11.7 Å². The molecule has 2 nitrogen and oxygen atoms in total. The molecule has 0 spiro atoms. The van der Waals surface area contributed by atoms with Gasteiger partial charge in [-0.25, -0.2) is 4.39 Å². The lowest BCUT2D eigenvalue weighted by molar-refractivity contribution is -0.111. The second-order valence-corrected chi connectivity index (χ2v) is 4.26. The van der Waals surface area contributed by atoms with Crippen LogP contribution < -0.4 is 0 Å². The predicted molar refractivity (Wildman–Crippen MR) is 57.8 cm³/mol. The Morgan fingerprint density at radius 1 is 1.44 bits per heavy atom. The predicted octanol–water partition coefficient (Wildman–Crippen LogP) is 2.88. The first kappa shape index (κ1) is 9.58. The maximum absolute atomic E-state index is 13.5. The van der Waals surface area contributed by atoms with E-state index >= 15 is 0 Å². The third-order valence-electron chi connectivity index (χ3n) is 3.26. The highest BCUT2D eigenvalue weighted by Gasteiger charge is 2.24. The van der Waals surface area contributed by atoms with Gasteiger partial charge in [0.2, 0.25) is 0 Å². The Labute approximate surface area is 92.1 Å². The van der Waals surface area contributed by atoms with Gasteiger partial charge in [0.1, 0.15) is 12.0 Å². The SMILES string of the molecule is O=C[C@@H]1CCc2c(oc3c(F)cccc23)C1. The van der Waals surface area contributed by atoms with Gasteiger partial charge in [-0.1, -0.05) is 12.1 Å². The van der Waals surface area contributed by atoms with E-state index in [9.17, 15) is 9.18 Å². The van der Waals surface area contributed by atoms with E-state index in [1.165, 1.54) is 6.07 Å². The van der Waals surface area contributed by atoms with Crippen molar-refractivity contribution in [1.82, 2.24) is 0 Å². The second kappa shape index (κ2) is 3.44. The van der Waals surface area contributed by atoms with Crippen molar-refractivity contribution in [3.63, 3.8) is 0 Å². The molecule has 3 heteroatoms. The Morgan fingerprint density at radius 3 is 3.12 bits per heavy atom. The van der Waals surface area contributed by atoms with Gasteiger partial charge in [0.15, 0.2) is 11.4 Å². The van der Waals surface area contributed by atoms with Crippen molar-refractivity contribution in [3.05, 3.63) is 35.3 Å². The summed E-state index contributed by atoms with van der Waals surface area (Å²) in [5, 5.41) is 0.861. The molecular weight excluding hydrogens is 207 g/mol. The molecule has 1 aromatic carbocycles. The van der Waals surface area contributed by atoms with Crippen LogP contribution in [0.3, 0.4) is 0 Å². The summed E-state index contributed by atoms with van der Waals surface area (Å²) in [5.41, 5.74) is 1.41. The Balaban J connectivity index is 2.19. The van der Waals surface area contributed by atoms with Crippen molar-refractivity contribution >= 4 is 17.3 Å². The summed E-state index contributed by atoms with van der Waals surface area (Å²) in [6, 6.07) is 4.97. The van der Waals surface area contributed by atoms with Crippen molar-refractivity contribution in [2.24, 2.45) is 5.92 Å². The number of carbonyl (C=O) groups excluding carboxylic acids is 1. The molecule has 0 fully saturated rings. The lowest BCUT2D eigenvalue weighted by atomic mass is 9.88. The van der Waals surface area contributed by atoms with Crippen molar-refractivity contribution < 1.29 is 13.6 Å². The number of hydrogen-bond donors (Lipinski definition) is 0. The van der Waals surface area contributed by atoms with Crippen molar-refractivity contribution in [2.75, 3.05) is 0 Å². The van der Waals surface area contributed by atoms with Crippen LogP contribution in [0.25, 0.3) is 11.0 Å². The van der Waals surface area contributed by atoms with E-state index in [0.717, 1.165) is 35.8 Å². The van der Waals surface area contributed by atoms with E-state index in [2.05, 4.69) is 0 Å². The number of halogens is 1. The van der Waals surface area contributed by atoms with Crippen LogP contribution in [0, 0.1) is 11.7 Å². The van der Waals surface area contributed by atoms with Gasteiger partial charge in [-0.2, -0.15) is 0 Å². The van der Waals surface area contributed by atoms with Crippen LogP contribution in [0.2, 0.25) is 0 Å². The molecule has 1 heterocycles. The van der Waals surface area contributed by atoms with Crippen molar-refractivity contribution in [3.8, 4) is 0 Å². The Hall–Kier alpha value is -1.64. The van der Waals surface area contributed by atoms with Crippen LogP contribution in [-0.2, 0) is 17.6 Å². The van der Waals surface area contributed by atoms with Gasteiger partial charge in [-0.15, -0.1) is 0 Å². The zero-order valence-corrected chi connectivity index (χ0v) is 8.70. The van der Waals surface area contributed by atoms with Crippen LogP contribution in [0.5, 0.6) is 0 Å². The van der Waals surface area contributed by atoms with Crippen LogP contribution in [-0.4, -0.2) is 6.29 Å². The standard InChI is InChI=1S/C13H11FO2/c14-11-3-1-2-10-9-5-4-8(7-15)6-12(9)16-13(10)11/h1-3,7-8H,4-6H2/t8-/m1/s1. The minimum Gasteiger partial charge on any atom is -0.458 e. The third-order valence-corrected chi connectivity index (χ3v) is 3.26. The largest absolute Gasteiger partial charge is 0.458 e. The highest BCUT2D eigenvalue weighted by atomic mass is 19.1. The Morgan fingerprint density at radius 2 is 2.31 bits per heavy atom. The minimum atomic E-state index is -0.324. The summed E-state index contributed by atoms with van der Waals surface area (Å²) < 4.78 is 19.0. The first-order valence-corrected chi connectivity index (χ1v) is 5.43. The molecule has 0 aliphatic heterocycles. The van der Waals surface area contributed by atoms with Crippen LogP contribution in [0.4, 0.5) is 4.39 Å². The first-order valence-electron chi connectivity index (χ1n) is 5.43. The van der Waals surface area contributed by atoms with Gasteiger partial charge in [0, 0.05) is 23.3 Å². The average molecular weight is 218 g/mol. The molecule has 1 aliphatic carbocycles. The number of furan rings is 1. The topological polar surface area (TPSA) is 30.2 Å². The second-order valence-electron chi connectivity index (χ2n) is 4.26. The fourth-order valence-corrected chi connectivity index (χ4v) is 2.41. The Bertz CT molecular complexity index is 556. The van der Waals surface area contributed by atoms with Gasteiger partial charge in [0.05, 0.1) is 0 Å². The molecule has 3 rings (SSSR count). The monoisotopic (exact) mass is 218 g/mol. The highest BCUT2D eigenvalue weighted by Crippen LogP contribution is 2.34. The molecule has 2 aromatic rings. The summed E-state index contributed by atoms with van der Waals surface area (Å²) in [6.45, 7) is 0. The number of benzene rings is 1. The molecule has 0 saturated heterocycles. The third kappa shape index (κ3) is 1.28. The van der Waals surface area contributed by atoms with Crippen LogP contribution in [0.1, 0.15) is 17.7 Å². The summed E-state index contributed by atoms with van der Waals surface area (Å²) in [4.78, 5) is 10.7. The summed E-state index contributed by atoms with van der Waals surface area (Å²) in [7, 11) is 0. The maximum Gasteiger partial charge on any atom is 0.170 e.